The van der Waals surface area contributed by atoms with Gasteiger partial charge in [0.05, 0.1) is 5.69 Å². The molecule has 2 heterocycles. The maximum absolute atomic E-state index is 11.8. The van der Waals surface area contributed by atoms with Gasteiger partial charge in [-0.3, -0.25) is 9.69 Å². The minimum Gasteiger partial charge on any atom is -0.368 e. The van der Waals surface area contributed by atoms with Gasteiger partial charge >= 0.3 is 0 Å². The van der Waals surface area contributed by atoms with Gasteiger partial charge in [-0.15, -0.1) is 0 Å². The van der Waals surface area contributed by atoms with Crippen molar-refractivity contribution in [2.75, 3.05) is 37.6 Å². The maximum atomic E-state index is 11.8. The van der Waals surface area contributed by atoms with Crippen LogP contribution in [0.2, 0.25) is 0 Å². The van der Waals surface area contributed by atoms with Crippen molar-refractivity contribution in [2.24, 2.45) is 0 Å². The van der Waals surface area contributed by atoms with Gasteiger partial charge in [-0.2, -0.15) is 5.10 Å². The summed E-state index contributed by atoms with van der Waals surface area (Å²) in [6.07, 6.45) is 0.949. The predicted molar refractivity (Wildman–Crippen MR) is 110 cm³/mol. The minimum absolute atomic E-state index is 0.0126. The summed E-state index contributed by atoms with van der Waals surface area (Å²) in [6.45, 7) is 7.80. The van der Waals surface area contributed by atoms with Crippen LogP contribution < -0.4 is 10.5 Å². The van der Waals surface area contributed by atoms with Crippen LogP contribution in [0.1, 0.15) is 12.1 Å². The van der Waals surface area contributed by atoms with Crippen LogP contribution in [0.5, 0.6) is 0 Å². The molecule has 0 amide bonds. The fourth-order valence-electron chi connectivity index (χ4n) is 3.85. The second-order valence-corrected chi connectivity index (χ2v) is 7.22. The highest BCUT2D eigenvalue weighted by atomic mass is 16.1. The van der Waals surface area contributed by atoms with Gasteiger partial charge in [0.25, 0.3) is 5.56 Å². The summed E-state index contributed by atoms with van der Waals surface area (Å²) in [4.78, 5) is 16.8. The Bertz CT molecular complexity index is 968. The number of nitrogens with zero attached hydrogens (tertiary/aromatic N) is 4. The Morgan fingerprint density at radius 1 is 0.889 bits per heavy atom. The molecule has 0 aliphatic carbocycles. The third kappa shape index (κ3) is 4.03. The van der Waals surface area contributed by atoms with E-state index in [-0.39, 0.29) is 5.56 Å². The number of piperazine rings is 1. The molecule has 0 unspecified atom stereocenters. The first-order valence-electron chi connectivity index (χ1n) is 9.70. The molecular weight excluding hydrogens is 336 g/mol. The van der Waals surface area contributed by atoms with Crippen molar-refractivity contribution < 1.29 is 0 Å². The highest BCUT2D eigenvalue weighted by Crippen LogP contribution is 2.27. The summed E-state index contributed by atoms with van der Waals surface area (Å²) in [5.74, 6) is 0. The molecule has 1 aliphatic rings. The number of hydrogen-bond donors (Lipinski definition) is 0. The minimum atomic E-state index is -0.0126. The van der Waals surface area contributed by atoms with Crippen molar-refractivity contribution in [1.29, 1.82) is 0 Å². The molecule has 1 saturated heterocycles. The standard InChI is InChI=1S/C22H26N4O/c1-18-10-11-22(27)26(23-18)13-5-12-24-14-16-25(17-15-24)21-9-4-7-19-6-2-3-8-20(19)21/h2-4,6-11H,5,12-17H2,1H3. The van der Waals surface area contributed by atoms with Crippen LogP contribution in [0.4, 0.5) is 5.69 Å². The van der Waals surface area contributed by atoms with Gasteiger partial charge in [-0.25, -0.2) is 4.68 Å². The van der Waals surface area contributed by atoms with Crippen LogP contribution in [0.15, 0.2) is 59.4 Å². The lowest BCUT2D eigenvalue weighted by Gasteiger charge is -2.36. The zero-order chi connectivity index (χ0) is 18.6. The third-order valence-electron chi connectivity index (χ3n) is 5.32. The second-order valence-electron chi connectivity index (χ2n) is 7.22. The number of aryl methyl sites for hydroxylation is 2. The van der Waals surface area contributed by atoms with Gasteiger partial charge < -0.3 is 4.90 Å². The fraction of sp³-hybridized carbons (Fsp3) is 0.364. The first kappa shape index (κ1) is 17.7. The van der Waals surface area contributed by atoms with Gasteiger partial charge in [0.1, 0.15) is 0 Å². The van der Waals surface area contributed by atoms with Gasteiger partial charge in [0, 0.05) is 56.4 Å². The monoisotopic (exact) mass is 362 g/mol. The van der Waals surface area contributed by atoms with Crippen molar-refractivity contribution in [3.05, 3.63) is 70.6 Å². The lowest BCUT2D eigenvalue weighted by Crippen LogP contribution is -2.46. The molecule has 27 heavy (non-hydrogen) atoms. The summed E-state index contributed by atoms with van der Waals surface area (Å²) in [6, 6.07) is 18.5. The van der Waals surface area contributed by atoms with Crippen LogP contribution in [0, 0.1) is 6.92 Å². The molecule has 0 spiro atoms. The van der Waals surface area contributed by atoms with E-state index in [1.165, 1.54) is 16.5 Å². The van der Waals surface area contributed by atoms with E-state index in [9.17, 15) is 4.79 Å². The molecule has 0 N–H and O–H groups in total. The van der Waals surface area contributed by atoms with Crippen molar-refractivity contribution in [1.82, 2.24) is 14.7 Å². The van der Waals surface area contributed by atoms with E-state index in [1.54, 1.807) is 16.8 Å². The van der Waals surface area contributed by atoms with Crippen molar-refractivity contribution >= 4 is 16.5 Å². The van der Waals surface area contributed by atoms with E-state index in [0.717, 1.165) is 44.8 Å². The summed E-state index contributed by atoms with van der Waals surface area (Å²) in [5.41, 5.74) is 2.21. The number of rotatable bonds is 5. The highest BCUT2D eigenvalue weighted by molar-refractivity contribution is 5.94. The molecule has 140 valence electrons. The molecule has 4 rings (SSSR count). The summed E-state index contributed by atoms with van der Waals surface area (Å²) in [5, 5.41) is 6.94. The van der Waals surface area contributed by atoms with Crippen molar-refractivity contribution in [3.63, 3.8) is 0 Å². The summed E-state index contributed by atoms with van der Waals surface area (Å²) >= 11 is 0. The van der Waals surface area contributed by atoms with Crippen LogP contribution in [0.3, 0.4) is 0 Å². The molecular formula is C22H26N4O. The topological polar surface area (TPSA) is 41.4 Å². The Hall–Kier alpha value is -2.66. The summed E-state index contributed by atoms with van der Waals surface area (Å²) in [7, 11) is 0. The number of aromatic nitrogens is 2. The van der Waals surface area contributed by atoms with Crippen LogP contribution >= 0.6 is 0 Å². The smallest absolute Gasteiger partial charge is 0.266 e. The number of hydrogen-bond acceptors (Lipinski definition) is 4. The average molecular weight is 362 g/mol. The lowest BCUT2D eigenvalue weighted by atomic mass is 10.1. The Labute approximate surface area is 159 Å². The molecule has 0 saturated carbocycles. The largest absolute Gasteiger partial charge is 0.368 e. The first-order chi connectivity index (χ1) is 13.2. The maximum Gasteiger partial charge on any atom is 0.266 e. The van der Waals surface area contributed by atoms with Gasteiger partial charge in [-0.05, 0) is 30.9 Å². The molecule has 2 aromatic carbocycles. The normalized spacial score (nSPS) is 15.4. The average Bonchev–Trinajstić information content (AvgIpc) is 2.71. The van der Waals surface area contributed by atoms with E-state index in [1.807, 2.05) is 6.92 Å². The molecule has 3 aromatic rings. The zero-order valence-corrected chi connectivity index (χ0v) is 15.8. The Balaban J connectivity index is 1.32. The Kier molecular flexibility index (Phi) is 5.21. The molecule has 1 aliphatic heterocycles. The van der Waals surface area contributed by atoms with Crippen LogP contribution in [-0.2, 0) is 6.54 Å². The molecule has 5 heteroatoms. The zero-order valence-electron chi connectivity index (χ0n) is 15.8. The van der Waals surface area contributed by atoms with E-state index in [2.05, 4.69) is 57.4 Å². The Morgan fingerprint density at radius 3 is 2.52 bits per heavy atom. The SMILES string of the molecule is Cc1ccc(=O)n(CCCN2CCN(c3cccc4ccccc34)CC2)n1. The quantitative estimate of drug-likeness (QED) is 0.700. The fourth-order valence-corrected chi connectivity index (χ4v) is 3.85. The van der Waals surface area contributed by atoms with Crippen molar-refractivity contribution in [3.8, 4) is 0 Å². The molecule has 1 aromatic heterocycles. The van der Waals surface area contributed by atoms with Crippen LogP contribution in [-0.4, -0.2) is 47.4 Å². The van der Waals surface area contributed by atoms with Gasteiger partial charge in [0.2, 0.25) is 0 Å². The van der Waals surface area contributed by atoms with E-state index >= 15 is 0 Å². The first-order valence-corrected chi connectivity index (χ1v) is 9.70. The number of fused-ring (bicyclic) bond motifs is 1. The number of benzene rings is 2. The molecule has 0 radical (unpaired) electrons. The molecule has 1 fully saturated rings. The Morgan fingerprint density at radius 2 is 1.67 bits per heavy atom. The lowest BCUT2D eigenvalue weighted by molar-refractivity contribution is 0.248. The number of anilines is 1. The van der Waals surface area contributed by atoms with Gasteiger partial charge in [-0.1, -0.05) is 36.4 Å². The highest BCUT2D eigenvalue weighted by Gasteiger charge is 2.18. The van der Waals surface area contributed by atoms with Gasteiger partial charge in [0.15, 0.2) is 0 Å². The molecule has 0 atom stereocenters. The molecule has 0 bridgehead atoms. The van der Waals surface area contributed by atoms with E-state index in [0.29, 0.717) is 6.54 Å². The second kappa shape index (κ2) is 7.92. The molecule has 5 nitrogen and oxygen atoms in total. The third-order valence-corrected chi connectivity index (χ3v) is 5.32. The van der Waals surface area contributed by atoms with E-state index in [4.69, 9.17) is 0 Å². The predicted octanol–water partition coefficient (Wildman–Crippen LogP) is 2.92. The van der Waals surface area contributed by atoms with Crippen molar-refractivity contribution in [2.45, 2.75) is 19.9 Å². The van der Waals surface area contributed by atoms with Crippen LogP contribution in [0.25, 0.3) is 10.8 Å². The van der Waals surface area contributed by atoms with E-state index < -0.39 is 0 Å². The summed E-state index contributed by atoms with van der Waals surface area (Å²) < 4.78 is 1.59.